The summed E-state index contributed by atoms with van der Waals surface area (Å²) in [6, 6.07) is 103. The summed E-state index contributed by atoms with van der Waals surface area (Å²) in [5.41, 5.74) is 25.6. The zero-order valence-corrected chi connectivity index (χ0v) is 43.4. The molecule has 0 fully saturated rings. The zero-order valence-electron chi connectivity index (χ0n) is 43.4. The van der Waals surface area contributed by atoms with E-state index in [1.807, 2.05) is 12.1 Å². The molecule has 0 saturated heterocycles. The lowest BCUT2D eigenvalue weighted by molar-refractivity contribution is 1.50. The number of rotatable bonds is 6. The molecule has 0 aliphatic heterocycles. The lowest BCUT2D eigenvalue weighted by Crippen LogP contribution is -1.94. The fourth-order valence-electron chi connectivity index (χ4n) is 14.1. The van der Waals surface area contributed by atoms with E-state index in [0.717, 1.165) is 16.3 Å². The van der Waals surface area contributed by atoms with Gasteiger partial charge in [-0.25, -0.2) is 0 Å². The number of nitrogens with zero attached hydrogens (tertiary/aromatic N) is 1. The average molecular weight is 1010 g/mol. The lowest BCUT2D eigenvalue weighted by atomic mass is 9.82. The van der Waals surface area contributed by atoms with Crippen molar-refractivity contribution in [3.05, 3.63) is 279 Å². The van der Waals surface area contributed by atoms with Crippen molar-refractivity contribution >= 4 is 64.6 Å². The number of hydrogen-bond acceptors (Lipinski definition) is 1. The van der Waals surface area contributed by atoms with Gasteiger partial charge in [0.25, 0.3) is 0 Å². The van der Waals surface area contributed by atoms with Crippen molar-refractivity contribution in [2.75, 3.05) is 0 Å². The molecule has 0 aromatic heterocycles. The molecule has 366 valence electrons. The summed E-state index contributed by atoms with van der Waals surface area (Å²) in [6.07, 6.45) is 0. The highest BCUT2D eigenvalue weighted by Crippen LogP contribution is 2.61. The molecule has 2 aliphatic rings. The number of benzene rings is 15. The van der Waals surface area contributed by atoms with Gasteiger partial charge in [-0.05, 0) is 200 Å². The maximum absolute atomic E-state index is 9.61. The first-order valence-electron chi connectivity index (χ1n) is 27.6. The fourth-order valence-corrected chi connectivity index (χ4v) is 14.1. The Labute approximate surface area is 463 Å². The molecule has 0 amide bonds. The summed E-state index contributed by atoms with van der Waals surface area (Å²) >= 11 is 0. The molecular weight excluding hydrogens is 963 g/mol. The SMILES string of the molecule is N#Cc1ccc2cc(-c3ccc4c5c(cccc35)-c3c-4c(-c4ccccc4)c4ccccc4c3-c3ccc(-c4ccc(-c5c6c(c(-c7ccccc7)c7ccccc57)-c5cccc7c5c-6cc5ccccc57)cc4)cc3)ccc2c1. The molecule has 0 bridgehead atoms. The van der Waals surface area contributed by atoms with Crippen LogP contribution in [0.2, 0.25) is 0 Å². The van der Waals surface area contributed by atoms with Crippen LogP contribution in [0.3, 0.4) is 0 Å². The second-order valence-corrected chi connectivity index (χ2v) is 21.6. The van der Waals surface area contributed by atoms with Gasteiger partial charge < -0.3 is 0 Å². The topological polar surface area (TPSA) is 23.8 Å². The van der Waals surface area contributed by atoms with Gasteiger partial charge in [0, 0.05) is 0 Å². The van der Waals surface area contributed by atoms with E-state index in [4.69, 9.17) is 0 Å². The predicted molar refractivity (Wildman–Crippen MR) is 338 cm³/mol. The van der Waals surface area contributed by atoms with Crippen LogP contribution in [-0.2, 0) is 0 Å². The van der Waals surface area contributed by atoms with E-state index < -0.39 is 0 Å². The van der Waals surface area contributed by atoms with E-state index >= 15 is 0 Å². The maximum Gasteiger partial charge on any atom is 0.0991 e. The molecule has 1 nitrogen and oxygen atoms in total. The Morgan fingerprint density at radius 1 is 0.200 bits per heavy atom. The van der Waals surface area contributed by atoms with Crippen LogP contribution in [0.4, 0.5) is 0 Å². The summed E-state index contributed by atoms with van der Waals surface area (Å²) in [7, 11) is 0. The van der Waals surface area contributed by atoms with Crippen LogP contribution in [0, 0.1) is 11.3 Å². The molecule has 0 spiro atoms. The Morgan fingerprint density at radius 2 is 0.588 bits per heavy atom. The van der Waals surface area contributed by atoms with E-state index in [2.05, 4.69) is 267 Å². The molecule has 0 unspecified atom stereocenters. The van der Waals surface area contributed by atoms with Crippen molar-refractivity contribution in [3.63, 3.8) is 0 Å². The van der Waals surface area contributed by atoms with E-state index in [0.29, 0.717) is 5.56 Å². The van der Waals surface area contributed by atoms with Crippen LogP contribution in [0.5, 0.6) is 0 Å². The minimum Gasteiger partial charge on any atom is -0.192 e. The van der Waals surface area contributed by atoms with E-state index in [1.54, 1.807) is 0 Å². The first kappa shape index (κ1) is 44.5. The second-order valence-electron chi connectivity index (χ2n) is 21.6. The Morgan fingerprint density at radius 3 is 1.14 bits per heavy atom. The van der Waals surface area contributed by atoms with E-state index in [1.165, 1.54) is 160 Å². The summed E-state index contributed by atoms with van der Waals surface area (Å²) in [6.45, 7) is 0. The number of fused-ring (bicyclic) bond motifs is 11. The Hall–Kier alpha value is -10.7. The van der Waals surface area contributed by atoms with Gasteiger partial charge in [-0.2, -0.15) is 5.26 Å². The van der Waals surface area contributed by atoms with Crippen LogP contribution in [0.1, 0.15) is 5.56 Å². The Balaban J connectivity index is 0.822. The van der Waals surface area contributed by atoms with Crippen LogP contribution in [-0.4, -0.2) is 0 Å². The van der Waals surface area contributed by atoms with Crippen molar-refractivity contribution in [2.24, 2.45) is 0 Å². The molecule has 80 heavy (non-hydrogen) atoms. The largest absolute Gasteiger partial charge is 0.192 e. The van der Waals surface area contributed by atoms with Crippen molar-refractivity contribution < 1.29 is 0 Å². The summed E-state index contributed by atoms with van der Waals surface area (Å²) in [4.78, 5) is 0. The molecule has 15 aromatic rings. The van der Waals surface area contributed by atoms with Gasteiger partial charge >= 0.3 is 0 Å². The molecular formula is C79H45N. The van der Waals surface area contributed by atoms with Crippen molar-refractivity contribution in [1.82, 2.24) is 0 Å². The third-order valence-electron chi connectivity index (χ3n) is 17.5. The van der Waals surface area contributed by atoms with Crippen molar-refractivity contribution in [2.45, 2.75) is 0 Å². The third-order valence-corrected chi connectivity index (χ3v) is 17.5. The highest BCUT2D eigenvalue weighted by Gasteiger charge is 2.33. The zero-order chi connectivity index (χ0) is 52.6. The molecule has 2 aliphatic carbocycles. The molecule has 1 heteroatoms. The van der Waals surface area contributed by atoms with Gasteiger partial charge in [-0.15, -0.1) is 0 Å². The standard InChI is InChI=1S/C79H45N/c80-46-47-29-30-55-44-57(40-39-54(55)43-47)59-41-42-68-74-61(59)26-14-27-66(74)76-72(64-23-11-9-21-62(64)71(78(68)76)51-17-5-2-6-18-51)52-35-31-48(32-36-52)49-33-37-53(38-34-49)73-65-24-12-10-22-63(65)70(50-15-3-1-4-16-50)77-67-28-13-25-60-58-20-8-7-19-56(58)45-69(75(60)67)79(73)77/h1-45H. The normalized spacial score (nSPS) is 12.0. The van der Waals surface area contributed by atoms with Crippen molar-refractivity contribution in [3.8, 4) is 117 Å². The van der Waals surface area contributed by atoms with Gasteiger partial charge in [0.1, 0.15) is 0 Å². The Bertz CT molecular complexity index is 5200. The summed E-state index contributed by atoms with van der Waals surface area (Å²) in [5, 5.41) is 24.5. The van der Waals surface area contributed by atoms with Gasteiger partial charge in [0.05, 0.1) is 11.6 Å². The van der Waals surface area contributed by atoms with E-state index in [-0.39, 0.29) is 0 Å². The van der Waals surface area contributed by atoms with Crippen LogP contribution < -0.4 is 0 Å². The fraction of sp³-hybridized carbons (Fsp3) is 0. The highest BCUT2D eigenvalue weighted by atomic mass is 14.4. The molecule has 0 N–H and O–H groups in total. The van der Waals surface area contributed by atoms with Gasteiger partial charge in [-0.1, -0.05) is 249 Å². The van der Waals surface area contributed by atoms with Gasteiger partial charge in [0.15, 0.2) is 0 Å². The molecule has 0 radical (unpaired) electrons. The molecule has 15 aromatic carbocycles. The lowest BCUT2D eigenvalue weighted by Gasteiger charge is -2.21. The monoisotopic (exact) mass is 1010 g/mol. The average Bonchev–Trinajstić information content (AvgIpc) is 4.25. The van der Waals surface area contributed by atoms with Crippen LogP contribution in [0.25, 0.3) is 176 Å². The Kier molecular flexibility index (Phi) is 9.55. The predicted octanol–water partition coefficient (Wildman–Crippen LogP) is 21.8. The van der Waals surface area contributed by atoms with Crippen LogP contribution in [0.15, 0.2) is 273 Å². The minimum absolute atomic E-state index is 0.673. The molecule has 0 atom stereocenters. The quantitative estimate of drug-likeness (QED) is 0.152. The molecule has 0 heterocycles. The maximum atomic E-state index is 9.61. The smallest absolute Gasteiger partial charge is 0.0991 e. The van der Waals surface area contributed by atoms with Gasteiger partial charge in [0.2, 0.25) is 0 Å². The first-order valence-corrected chi connectivity index (χ1v) is 27.6. The summed E-state index contributed by atoms with van der Waals surface area (Å²) < 4.78 is 0. The first-order chi connectivity index (χ1) is 39.7. The van der Waals surface area contributed by atoms with Crippen molar-refractivity contribution in [1.29, 1.82) is 5.26 Å². The van der Waals surface area contributed by atoms with Crippen LogP contribution >= 0.6 is 0 Å². The van der Waals surface area contributed by atoms with Gasteiger partial charge in [-0.3, -0.25) is 0 Å². The van der Waals surface area contributed by atoms with E-state index in [9.17, 15) is 5.26 Å². The summed E-state index contributed by atoms with van der Waals surface area (Å²) in [5.74, 6) is 0. The minimum atomic E-state index is 0.673. The highest BCUT2D eigenvalue weighted by molar-refractivity contribution is 6.32. The number of nitriles is 1. The molecule has 17 rings (SSSR count). The second kappa shape index (κ2) is 17.2. The third kappa shape index (κ3) is 6.39. The molecule has 0 saturated carbocycles. The number of hydrogen-bond donors (Lipinski definition) is 0.